The highest BCUT2D eigenvalue weighted by atomic mass is 16.2. The van der Waals surface area contributed by atoms with E-state index in [9.17, 15) is 4.79 Å². The lowest BCUT2D eigenvalue weighted by Gasteiger charge is -2.31. The van der Waals surface area contributed by atoms with Crippen LogP contribution in [-0.4, -0.2) is 43.6 Å². The van der Waals surface area contributed by atoms with Gasteiger partial charge >= 0.3 is 0 Å². The number of likely N-dealkylation sites (tertiary alicyclic amines) is 1. The summed E-state index contributed by atoms with van der Waals surface area (Å²) < 4.78 is 1.74. The highest BCUT2D eigenvalue weighted by molar-refractivity contribution is 5.79. The lowest BCUT2D eigenvalue weighted by Crippen LogP contribution is -2.40. The number of imidazole rings is 1. The Labute approximate surface area is 134 Å². The summed E-state index contributed by atoms with van der Waals surface area (Å²) in [5.41, 5.74) is 0.928. The Kier molecular flexibility index (Phi) is 3.57. The third kappa shape index (κ3) is 2.84. The summed E-state index contributed by atoms with van der Waals surface area (Å²) in [5.74, 6) is 1.60. The Balaban J connectivity index is 1.38. The molecule has 3 aromatic rings. The second-order valence-corrected chi connectivity index (χ2v) is 6.01. The summed E-state index contributed by atoms with van der Waals surface area (Å²) >= 11 is 0. The van der Waals surface area contributed by atoms with Crippen LogP contribution in [0, 0.1) is 0 Å². The van der Waals surface area contributed by atoms with Gasteiger partial charge in [0.05, 0.1) is 5.52 Å². The van der Waals surface area contributed by atoms with E-state index >= 15 is 0 Å². The molecule has 118 valence electrons. The summed E-state index contributed by atoms with van der Waals surface area (Å²) in [6.45, 7) is 1.87. The maximum Gasteiger partial charge on any atom is 0.244 e. The van der Waals surface area contributed by atoms with Crippen LogP contribution in [0.1, 0.15) is 24.6 Å². The minimum atomic E-state index is 0.135. The zero-order valence-corrected chi connectivity index (χ0v) is 12.9. The fourth-order valence-electron chi connectivity index (χ4n) is 3.24. The van der Waals surface area contributed by atoms with Gasteiger partial charge < -0.3 is 9.88 Å². The Bertz CT molecular complexity index is 766. The van der Waals surface area contributed by atoms with E-state index in [1.807, 2.05) is 41.6 Å². The molecule has 1 aromatic carbocycles. The van der Waals surface area contributed by atoms with Gasteiger partial charge in [-0.1, -0.05) is 18.2 Å². The number of hydrogen-bond acceptors (Lipinski definition) is 3. The fraction of sp³-hybridized carbons (Fsp3) is 0.353. The molecule has 0 radical (unpaired) electrons. The van der Waals surface area contributed by atoms with E-state index in [1.54, 1.807) is 10.9 Å². The molecule has 6 nitrogen and oxygen atoms in total. The van der Waals surface area contributed by atoms with Crippen LogP contribution in [0.25, 0.3) is 10.9 Å². The third-order valence-electron chi connectivity index (χ3n) is 4.51. The van der Waals surface area contributed by atoms with Crippen LogP contribution in [0.3, 0.4) is 0 Å². The van der Waals surface area contributed by atoms with Gasteiger partial charge in [0, 0.05) is 43.0 Å². The zero-order valence-electron chi connectivity index (χ0n) is 12.9. The van der Waals surface area contributed by atoms with E-state index in [0.29, 0.717) is 12.5 Å². The molecule has 1 saturated heterocycles. The van der Waals surface area contributed by atoms with Gasteiger partial charge in [-0.15, -0.1) is 0 Å². The first-order chi connectivity index (χ1) is 11.3. The van der Waals surface area contributed by atoms with Crippen molar-refractivity contribution in [2.24, 2.45) is 0 Å². The number of carbonyl (C=O) groups is 1. The summed E-state index contributed by atoms with van der Waals surface area (Å²) in [5, 5.41) is 5.52. The van der Waals surface area contributed by atoms with Gasteiger partial charge in [0.1, 0.15) is 12.4 Å². The number of aromatic nitrogens is 4. The van der Waals surface area contributed by atoms with Crippen LogP contribution >= 0.6 is 0 Å². The van der Waals surface area contributed by atoms with Gasteiger partial charge in [0.25, 0.3) is 0 Å². The summed E-state index contributed by atoms with van der Waals surface area (Å²) in [4.78, 5) is 21.9. The van der Waals surface area contributed by atoms with Crippen LogP contribution in [0.4, 0.5) is 0 Å². The molecule has 0 spiro atoms. The van der Waals surface area contributed by atoms with Crippen LogP contribution < -0.4 is 0 Å². The maximum absolute atomic E-state index is 12.5. The third-order valence-corrected chi connectivity index (χ3v) is 4.51. The summed E-state index contributed by atoms with van der Waals surface area (Å²) in [6.07, 6.45) is 7.49. The SMILES string of the molecule is O=C(Cn1cc2ccccc2n1)N1CCC(c2ncc[nH]2)CC1. The number of rotatable bonds is 3. The Morgan fingerprint density at radius 1 is 1.26 bits per heavy atom. The number of piperidine rings is 1. The molecule has 0 atom stereocenters. The lowest BCUT2D eigenvalue weighted by atomic mass is 9.96. The van der Waals surface area contributed by atoms with Crippen molar-refractivity contribution in [3.63, 3.8) is 0 Å². The summed E-state index contributed by atoms with van der Waals surface area (Å²) in [7, 11) is 0. The average molecular weight is 309 g/mol. The number of fused-ring (bicyclic) bond motifs is 1. The van der Waals surface area contributed by atoms with E-state index in [-0.39, 0.29) is 5.91 Å². The van der Waals surface area contributed by atoms with E-state index in [4.69, 9.17) is 0 Å². The quantitative estimate of drug-likeness (QED) is 0.806. The van der Waals surface area contributed by atoms with Crippen molar-refractivity contribution in [3.8, 4) is 0 Å². The van der Waals surface area contributed by atoms with Crippen molar-refractivity contribution in [1.29, 1.82) is 0 Å². The van der Waals surface area contributed by atoms with Gasteiger partial charge in [-0.2, -0.15) is 5.10 Å². The molecular weight excluding hydrogens is 290 g/mol. The molecule has 6 heteroatoms. The smallest absolute Gasteiger partial charge is 0.244 e. The molecule has 23 heavy (non-hydrogen) atoms. The normalized spacial score (nSPS) is 16.1. The molecule has 3 heterocycles. The number of hydrogen-bond donors (Lipinski definition) is 1. The molecule has 2 aromatic heterocycles. The Morgan fingerprint density at radius 2 is 2.09 bits per heavy atom. The number of benzene rings is 1. The second kappa shape index (κ2) is 5.87. The fourth-order valence-corrected chi connectivity index (χ4v) is 3.24. The first-order valence-corrected chi connectivity index (χ1v) is 7.99. The zero-order chi connectivity index (χ0) is 15.6. The van der Waals surface area contributed by atoms with Gasteiger partial charge in [0.15, 0.2) is 0 Å². The van der Waals surface area contributed by atoms with Crippen LogP contribution in [-0.2, 0) is 11.3 Å². The predicted molar refractivity (Wildman–Crippen MR) is 86.9 cm³/mol. The number of amides is 1. The molecular formula is C17H19N5O. The largest absolute Gasteiger partial charge is 0.348 e. The van der Waals surface area contributed by atoms with E-state index in [0.717, 1.165) is 42.7 Å². The van der Waals surface area contributed by atoms with Crippen molar-refractivity contribution in [2.75, 3.05) is 13.1 Å². The standard InChI is InChI=1S/C17H19N5O/c23-16(12-22-11-14-3-1-2-4-15(14)20-22)21-9-5-13(6-10-21)17-18-7-8-19-17/h1-4,7-8,11,13H,5-6,9-10,12H2,(H,18,19). The van der Waals surface area contributed by atoms with Crippen molar-refractivity contribution in [1.82, 2.24) is 24.6 Å². The van der Waals surface area contributed by atoms with Crippen LogP contribution in [0.5, 0.6) is 0 Å². The summed E-state index contributed by atoms with van der Waals surface area (Å²) in [6, 6.07) is 7.92. The van der Waals surface area contributed by atoms with E-state index in [2.05, 4.69) is 15.1 Å². The molecule has 1 N–H and O–H groups in total. The highest BCUT2D eigenvalue weighted by Crippen LogP contribution is 2.25. The molecule has 0 aliphatic carbocycles. The molecule has 0 saturated carbocycles. The molecule has 1 aliphatic heterocycles. The number of aromatic amines is 1. The first kappa shape index (κ1) is 14.0. The average Bonchev–Trinajstić information content (AvgIpc) is 3.24. The van der Waals surface area contributed by atoms with E-state index < -0.39 is 0 Å². The van der Waals surface area contributed by atoms with Gasteiger partial charge in [-0.25, -0.2) is 4.98 Å². The van der Waals surface area contributed by atoms with Crippen LogP contribution in [0.2, 0.25) is 0 Å². The molecule has 0 bridgehead atoms. The van der Waals surface area contributed by atoms with Crippen molar-refractivity contribution >= 4 is 16.8 Å². The molecule has 1 amide bonds. The van der Waals surface area contributed by atoms with Crippen LogP contribution in [0.15, 0.2) is 42.9 Å². The predicted octanol–water partition coefficient (Wildman–Crippen LogP) is 2.17. The molecule has 1 fully saturated rings. The lowest BCUT2D eigenvalue weighted by molar-refractivity contribution is -0.133. The van der Waals surface area contributed by atoms with E-state index in [1.165, 1.54) is 0 Å². The minimum Gasteiger partial charge on any atom is -0.348 e. The number of carbonyl (C=O) groups excluding carboxylic acids is 1. The number of nitrogens with zero attached hydrogens (tertiary/aromatic N) is 4. The van der Waals surface area contributed by atoms with Crippen molar-refractivity contribution < 1.29 is 4.79 Å². The van der Waals surface area contributed by atoms with Gasteiger partial charge in [-0.3, -0.25) is 9.48 Å². The Morgan fingerprint density at radius 3 is 2.83 bits per heavy atom. The highest BCUT2D eigenvalue weighted by Gasteiger charge is 2.25. The topological polar surface area (TPSA) is 66.8 Å². The van der Waals surface area contributed by atoms with Crippen molar-refractivity contribution in [3.05, 3.63) is 48.7 Å². The minimum absolute atomic E-state index is 0.135. The van der Waals surface area contributed by atoms with Gasteiger partial charge in [0.2, 0.25) is 5.91 Å². The van der Waals surface area contributed by atoms with Crippen molar-refractivity contribution in [2.45, 2.75) is 25.3 Å². The Hall–Kier alpha value is -2.63. The van der Waals surface area contributed by atoms with Gasteiger partial charge in [-0.05, 0) is 18.9 Å². The monoisotopic (exact) mass is 309 g/mol. The first-order valence-electron chi connectivity index (χ1n) is 7.99. The number of H-pyrrole nitrogens is 1. The second-order valence-electron chi connectivity index (χ2n) is 6.01. The number of nitrogens with one attached hydrogen (secondary N) is 1. The molecule has 0 unspecified atom stereocenters. The maximum atomic E-state index is 12.5. The molecule has 1 aliphatic rings. The molecule has 4 rings (SSSR count).